The van der Waals surface area contributed by atoms with E-state index in [4.69, 9.17) is 0 Å². The molecule has 1 aromatic rings. The summed E-state index contributed by atoms with van der Waals surface area (Å²) in [5.74, 6) is 0.117. The van der Waals surface area contributed by atoms with E-state index in [-0.39, 0.29) is 47.7 Å². The molecule has 1 aliphatic carbocycles. The maximum atomic E-state index is 13.7. The zero-order chi connectivity index (χ0) is 23.8. The number of nitrogens with zero attached hydrogens (tertiary/aromatic N) is 4. The molecule has 7 heteroatoms. The Morgan fingerprint density at radius 2 is 1.88 bits per heavy atom. The quantitative estimate of drug-likeness (QED) is 0.638. The monoisotopic (exact) mass is 466 g/mol. The fourth-order valence-corrected chi connectivity index (χ4v) is 6.90. The van der Waals surface area contributed by atoms with Gasteiger partial charge in [-0.15, -0.1) is 0 Å². The largest absolute Gasteiger partial charge is 0.330 e. The van der Waals surface area contributed by atoms with E-state index in [0.29, 0.717) is 19.0 Å². The van der Waals surface area contributed by atoms with Crippen molar-refractivity contribution in [1.82, 2.24) is 14.7 Å². The Kier molecular flexibility index (Phi) is 6.61. The van der Waals surface area contributed by atoms with Crippen LogP contribution in [0.25, 0.3) is 0 Å². The molecule has 6 nitrogen and oxygen atoms in total. The minimum absolute atomic E-state index is 0.00518. The summed E-state index contributed by atoms with van der Waals surface area (Å²) < 4.78 is 13.7. The van der Waals surface area contributed by atoms with Gasteiger partial charge in [0.05, 0.1) is 18.2 Å². The predicted octanol–water partition coefficient (Wildman–Crippen LogP) is 3.88. The first-order chi connectivity index (χ1) is 16.5. The van der Waals surface area contributed by atoms with E-state index in [1.807, 2.05) is 19.1 Å². The zero-order valence-electron chi connectivity index (χ0n) is 20.0. The van der Waals surface area contributed by atoms with Crippen LogP contribution in [0.2, 0.25) is 0 Å². The Morgan fingerprint density at radius 1 is 1.15 bits per heavy atom. The summed E-state index contributed by atoms with van der Waals surface area (Å²) in [4.78, 5) is 32.7. The number of benzene rings is 1. The van der Waals surface area contributed by atoms with Crippen LogP contribution in [0.5, 0.6) is 0 Å². The van der Waals surface area contributed by atoms with E-state index < -0.39 is 0 Å². The highest BCUT2D eigenvalue weighted by Gasteiger charge is 2.53. The predicted molar refractivity (Wildman–Crippen MR) is 126 cm³/mol. The van der Waals surface area contributed by atoms with Gasteiger partial charge in [0.1, 0.15) is 11.9 Å². The van der Waals surface area contributed by atoms with Gasteiger partial charge >= 0.3 is 0 Å². The summed E-state index contributed by atoms with van der Waals surface area (Å²) in [6.07, 6.45) is 8.26. The maximum absolute atomic E-state index is 13.7. The number of carbonyl (C=O) groups excluding carboxylic acids is 2. The van der Waals surface area contributed by atoms with Gasteiger partial charge in [-0.25, -0.2) is 4.39 Å². The molecule has 5 atom stereocenters. The van der Waals surface area contributed by atoms with E-state index >= 15 is 0 Å². The van der Waals surface area contributed by atoms with Gasteiger partial charge in [-0.3, -0.25) is 14.5 Å². The summed E-state index contributed by atoms with van der Waals surface area (Å²) in [6.45, 7) is 3.91. The lowest BCUT2D eigenvalue weighted by Crippen LogP contribution is -2.54. The molecular weight excluding hydrogens is 431 g/mol. The first-order valence-corrected chi connectivity index (χ1v) is 13.0. The topological polar surface area (TPSA) is 67.7 Å². The molecule has 182 valence electrons. The number of nitriles is 1. The molecule has 1 saturated carbocycles. The number of likely N-dealkylation sites (tertiary alicyclic amines) is 3. The molecule has 3 heterocycles. The third-order valence-corrected chi connectivity index (χ3v) is 8.54. The van der Waals surface area contributed by atoms with Gasteiger partial charge in [-0.1, -0.05) is 38.3 Å². The first kappa shape index (κ1) is 23.3. The average Bonchev–Trinajstić information content (AvgIpc) is 3.56. The van der Waals surface area contributed by atoms with Crippen LogP contribution < -0.4 is 0 Å². The van der Waals surface area contributed by atoms with E-state index in [1.165, 1.54) is 31.4 Å². The normalized spacial score (nSPS) is 29.4. The Bertz CT molecular complexity index is 954. The van der Waals surface area contributed by atoms with Gasteiger partial charge in [0.15, 0.2) is 0 Å². The van der Waals surface area contributed by atoms with Crippen LogP contribution in [0, 0.1) is 29.0 Å². The van der Waals surface area contributed by atoms with Gasteiger partial charge in [0.2, 0.25) is 11.8 Å². The minimum Gasteiger partial charge on any atom is -0.330 e. The van der Waals surface area contributed by atoms with Crippen molar-refractivity contribution in [3.8, 4) is 6.07 Å². The summed E-state index contributed by atoms with van der Waals surface area (Å²) in [5.41, 5.74) is 1.04. The van der Waals surface area contributed by atoms with Crippen molar-refractivity contribution >= 4 is 11.8 Å². The third-order valence-electron chi connectivity index (χ3n) is 8.54. The number of carbonyl (C=O) groups is 2. The molecule has 0 aromatic heterocycles. The number of piperazine rings is 1. The van der Waals surface area contributed by atoms with Crippen molar-refractivity contribution < 1.29 is 14.0 Å². The first-order valence-electron chi connectivity index (χ1n) is 13.0. The molecule has 2 bridgehead atoms. The molecule has 4 aliphatic rings. The standard InChI is InChI=1S/C27H35FN4O2/c1-18(26(33)31-13-5-8-22(31)15-29)16-30-17-23-14-24(30)27(34)32(23)25(19-6-3-2-4-7-19)20-9-11-21(28)12-10-20/h9-12,18-19,22-25H,2-8,13-14,16-17H2,1H3/t18-,22-,23+,24+,25-/m0/s1. The fraction of sp³-hybridized carbons (Fsp3) is 0.667. The fourth-order valence-electron chi connectivity index (χ4n) is 6.90. The van der Waals surface area contributed by atoms with E-state index in [9.17, 15) is 19.2 Å². The number of hydrogen-bond donors (Lipinski definition) is 0. The molecule has 4 fully saturated rings. The molecule has 3 saturated heterocycles. The second kappa shape index (κ2) is 9.65. The smallest absolute Gasteiger partial charge is 0.240 e. The van der Waals surface area contributed by atoms with Crippen molar-refractivity contribution in [3.63, 3.8) is 0 Å². The molecule has 0 N–H and O–H groups in total. The van der Waals surface area contributed by atoms with Gasteiger partial charge in [-0.2, -0.15) is 5.26 Å². The molecule has 5 rings (SSSR count). The molecule has 2 amide bonds. The highest BCUT2D eigenvalue weighted by Crippen LogP contribution is 2.45. The number of rotatable bonds is 6. The Balaban J connectivity index is 1.30. The maximum Gasteiger partial charge on any atom is 0.240 e. The van der Waals surface area contributed by atoms with Crippen molar-refractivity contribution in [2.45, 2.75) is 82.5 Å². The summed E-state index contributed by atoms with van der Waals surface area (Å²) in [6, 6.07) is 8.63. The Hall–Kier alpha value is -2.46. The molecule has 34 heavy (non-hydrogen) atoms. The van der Waals surface area contributed by atoms with Crippen LogP contribution in [0.1, 0.15) is 69.9 Å². The van der Waals surface area contributed by atoms with Crippen molar-refractivity contribution in [3.05, 3.63) is 35.6 Å². The van der Waals surface area contributed by atoms with Crippen LogP contribution in [-0.2, 0) is 9.59 Å². The van der Waals surface area contributed by atoms with Crippen LogP contribution in [-0.4, -0.2) is 64.3 Å². The van der Waals surface area contributed by atoms with E-state index in [2.05, 4.69) is 15.9 Å². The number of amides is 2. The van der Waals surface area contributed by atoms with Crippen LogP contribution in [0.3, 0.4) is 0 Å². The van der Waals surface area contributed by atoms with Crippen molar-refractivity contribution in [1.29, 1.82) is 5.26 Å². The molecule has 0 radical (unpaired) electrons. The number of hydrogen-bond acceptors (Lipinski definition) is 4. The molecular formula is C27H35FN4O2. The molecule has 3 aliphatic heterocycles. The molecule has 0 spiro atoms. The third kappa shape index (κ3) is 4.22. The average molecular weight is 467 g/mol. The van der Waals surface area contributed by atoms with Gasteiger partial charge in [0, 0.05) is 31.6 Å². The van der Waals surface area contributed by atoms with Crippen LogP contribution in [0.4, 0.5) is 4.39 Å². The molecule has 1 aromatic carbocycles. The second-order valence-electron chi connectivity index (χ2n) is 10.7. The summed E-state index contributed by atoms with van der Waals surface area (Å²) in [5, 5.41) is 9.34. The van der Waals surface area contributed by atoms with Gasteiger partial charge in [-0.05, 0) is 55.7 Å². The number of halogens is 1. The lowest BCUT2D eigenvalue weighted by Gasteiger charge is -2.43. The second-order valence-corrected chi connectivity index (χ2v) is 10.7. The highest BCUT2D eigenvalue weighted by molar-refractivity contribution is 5.86. The van der Waals surface area contributed by atoms with Crippen molar-refractivity contribution in [2.75, 3.05) is 19.6 Å². The number of fused-ring (bicyclic) bond motifs is 2. The zero-order valence-corrected chi connectivity index (χ0v) is 20.0. The van der Waals surface area contributed by atoms with Crippen LogP contribution >= 0.6 is 0 Å². The molecule has 0 unspecified atom stereocenters. The SMILES string of the molecule is C[C@@H](CN1C[C@H]2C[C@@H]1C(=O)N2[C@H](c1ccc(F)cc1)C1CCCCC1)C(=O)N1CCC[C@H]1C#N. The van der Waals surface area contributed by atoms with Gasteiger partial charge < -0.3 is 9.80 Å². The lowest BCUT2D eigenvalue weighted by molar-refractivity contribution is -0.143. The Labute approximate surface area is 201 Å². The van der Waals surface area contributed by atoms with E-state index in [1.54, 1.807) is 4.90 Å². The minimum atomic E-state index is -0.311. The van der Waals surface area contributed by atoms with Gasteiger partial charge in [0.25, 0.3) is 0 Å². The lowest BCUT2D eigenvalue weighted by atomic mass is 9.80. The van der Waals surface area contributed by atoms with Crippen LogP contribution in [0.15, 0.2) is 24.3 Å². The van der Waals surface area contributed by atoms with E-state index in [0.717, 1.165) is 44.2 Å². The van der Waals surface area contributed by atoms with Crippen molar-refractivity contribution in [2.24, 2.45) is 11.8 Å². The summed E-state index contributed by atoms with van der Waals surface area (Å²) >= 11 is 0. The summed E-state index contributed by atoms with van der Waals surface area (Å²) in [7, 11) is 0. The highest BCUT2D eigenvalue weighted by atomic mass is 19.1. The Morgan fingerprint density at radius 3 is 2.56 bits per heavy atom.